The van der Waals surface area contributed by atoms with E-state index in [0.717, 1.165) is 19.6 Å². The monoisotopic (exact) mass is 174 g/mol. The third kappa shape index (κ3) is 7.98. The van der Waals surface area contributed by atoms with Gasteiger partial charge in [-0.2, -0.15) is 0 Å². The van der Waals surface area contributed by atoms with Gasteiger partial charge in [-0.1, -0.05) is 0 Å². The fraction of sp³-hybridized carbons (Fsp3) is 1.00. The zero-order chi connectivity index (χ0) is 9.78. The Kier molecular flexibility index (Phi) is 4.75. The van der Waals surface area contributed by atoms with Crippen molar-refractivity contribution in [3.63, 3.8) is 0 Å². The van der Waals surface area contributed by atoms with Gasteiger partial charge < -0.3 is 14.9 Å². The fourth-order valence-corrected chi connectivity index (χ4v) is 1.11. The molecule has 0 atom stereocenters. The summed E-state index contributed by atoms with van der Waals surface area (Å²) in [5, 5.41) is 9.50. The first-order chi connectivity index (χ1) is 5.31. The predicted octanol–water partition coefficient (Wildman–Crippen LogP) is 0.251. The van der Waals surface area contributed by atoms with Crippen molar-refractivity contribution in [1.29, 1.82) is 0 Å². The predicted molar refractivity (Wildman–Crippen MR) is 52.3 cm³/mol. The molecule has 0 aliphatic rings. The summed E-state index contributed by atoms with van der Waals surface area (Å²) in [6.07, 6.45) is 0. The molecule has 0 rings (SSSR count). The van der Waals surface area contributed by atoms with E-state index in [4.69, 9.17) is 0 Å². The highest BCUT2D eigenvalue weighted by atomic mass is 16.3. The summed E-state index contributed by atoms with van der Waals surface area (Å²) in [6, 6.07) is 0. The molecule has 3 nitrogen and oxygen atoms in total. The lowest BCUT2D eigenvalue weighted by Gasteiger charge is -2.26. The van der Waals surface area contributed by atoms with E-state index >= 15 is 0 Å². The summed E-state index contributed by atoms with van der Waals surface area (Å²) in [4.78, 5) is 4.28. The number of hydrogen-bond acceptors (Lipinski definition) is 3. The Morgan fingerprint density at radius 1 is 1.08 bits per heavy atom. The Balaban J connectivity index is 3.53. The molecule has 0 aromatic carbocycles. The maximum absolute atomic E-state index is 9.50. The van der Waals surface area contributed by atoms with Crippen molar-refractivity contribution in [3.05, 3.63) is 0 Å². The molecule has 0 amide bonds. The normalized spacial score (nSPS) is 13.0. The second kappa shape index (κ2) is 4.80. The van der Waals surface area contributed by atoms with E-state index in [-0.39, 0.29) is 0 Å². The Hall–Kier alpha value is -0.120. The SMILES string of the molecule is CN(C)CCN(C)CC(C)(C)O. The molecule has 0 saturated carbocycles. The average molecular weight is 174 g/mol. The maximum Gasteiger partial charge on any atom is 0.0718 e. The van der Waals surface area contributed by atoms with Gasteiger partial charge in [0.2, 0.25) is 0 Å². The molecule has 0 aliphatic heterocycles. The van der Waals surface area contributed by atoms with Crippen LogP contribution >= 0.6 is 0 Å². The number of hydrogen-bond donors (Lipinski definition) is 1. The average Bonchev–Trinajstić information content (AvgIpc) is 1.79. The molecule has 0 saturated heterocycles. The lowest BCUT2D eigenvalue weighted by Crippen LogP contribution is -2.39. The van der Waals surface area contributed by atoms with E-state index in [9.17, 15) is 5.11 Å². The van der Waals surface area contributed by atoms with Gasteiger partial charge in [-0.3, -0.25) is 0 Å². The van der Waals surface area contributed by atoms with Gasteiger partial charge in [0.25, 0.3) is 0 Å². The van der Waals surface area contributed by atoms with Crippen molar-refractivity contribution >= 4 is 0 Å². The molecule has 0 radical (unpaired) electrons. The Morgan fingerprint density at radius 2 is 1.58 bits per heavy atom. The van der Waals surface area contributed by atoms with Crippen molar-refractivity contribution in [2.75, 3.05) is 40.8 Å². The second-order valence-corrected chi connectivity index (χ2v) is 4.35. The third-order valence-corrected chi connectivity index (χ3v) is 1.59. The number of aliphatic hydroxyl groups is 1. The lowest BCUT2D eigenvalue weighted by molar-refractivity contribution is 0.0431. The molecule has 0 fully saturated rings. The molecule has 0 spiro atoms. The van der Waals surface area contributed by atoms with Crippen LogP contribution in [0, 0.1) is 0 Å². The maximum atomic E-state index is 9.50. The highest BCUT2D eigenvalue weighted by Crippen LogP contribution is 2.02. The first kappa shape index (κ1) is 11.9. The smallest absolute Gasteiger partial charge is 0.0718 e. The molecular weight excluding hydrogens is 152 g/mol. The second-order valence-electron chi connectivity index (χ2n) is 4.35. The van der Waals surface area contributed by atoms with Crippen LogP contribution in [0.4, 0.5) is 0 Å². The van der Waals surface area contributed by atoms with Gasteiger partial charge in [-0.05, 0) is 35.0 Å². The van der Waals surface area contributed by atoms with Crippen LogP contribution < -0.4 is 0 Å². The minimum Gasteiger partial charge on any atom is -0.389 e. The number of rotatable bonds is 5. The molecular formula is C9H22N2O. The first-order valence-electron chi connectivity index (χ1n) is 4.37. The molecule has 0 unspecified atom stereocenters. The van der Waals surface area contributed by atoms with Crippen molar-refractivity contribution in [2.45, 2.75) is 19.4 Å². The molecule has 1 N–H and O–H groups in total. The van der Waals surface area contributed by atoms with Crippen LogP contribution in [0.1, 0.15) is 13.8 Å². The minimum absolute atomic E-state index is 0.582. The summed E-state index contributed by atoms with van der Waals surface area (Å²) in [5.41, 5.74) is -0.582. The molecule has 0 bridgehead atoms. The van der Waals surface area contributed by atoms with Crippen LogP contribution in [0.3, 0.4) is 0 Å². The van der Waals surface area contributed by atoms with E-state index in [2.05, 4.69) is 23.9 Å². The highest BCUT2D eigenvalue weighted by molar-refractivity contribution is 4.69. The van der Waals surface area contributed by atoms with E-state index in [1.165, 1.54) is 0 Å². The standard InChI is InChI=1S/C9H22N2O/c1-9(2,12)8-11(5)7-6-10(3)4/h12H,6-8H2,1-5H3. The van der Waals surface area contributed by atoms with Crippen LogP contribution in [0.5, 0.6) is 0 Å². The molecule has 0 aromatic rings. The van der Waals surface area contributed by atoms with Crippen molar-refractivity contribution in [2.24, 2.45) is 0 Å². The van der Waals surface area contributed by atoms with Gasteiger partial charge in [-0.25, -0.2) is 0 Å². The Morgan fingerprint density at radius 3 is 1.92 bits per heavy atom. The van der Waals surface area contributed by atoms with Gasteiger partial charge in [0.15, 0.2) is 0 Å². The number of nitrogens with zero attached hydrogens (tertiary/aromatic N) is 2. The highest BCUT2D eigenvalue weighted by Gasteiger charge is 2.14. The summed E-state index contributed by atoms with van der Waals surface area (Å²) in [7, 11) is 6.14. The van der Waals surface area contributed by atoms with Gasteiger partial charge in [0.1, 0.15) is 0 Å². The Labute approximate surface area is 76.0 Å². The molecule has 0 aliphatic carbocycles. The van der Waals surface area contributed by atoms with Gasteiger partial charge in [0, 0.05) is 19.6 Å². The van der Waals surface area contributed by atoms with E-state index in [1.807, 2.05) is 20.9 Å². The molecule has 0 heterocycles. The summed E-state index contributed by atoms with van der Waals surface area (Å²) in [5.74, 6) is 0. The van der Waals surface area contributed by atoms with Crippen molar-refractivity contribution in [1.82, 2.24) is 9.80 Å². The van der Waals surface area contributed by atoms with Crippen LogP contribution in [-0.4, -0.2) is 61.3 Å². The molecule has 74 valence electrons. The zero-order valence-corrected chi connectivity index (χ0v) is 8.96. The largest absolute Gasteiger partial charge is 0.389 e. The molecule has 0 aromatic heterocycles. The molecule has 12 heavy (non-hydrogen) atoms. The van der Waals surface area contributed by atoms with Gasteiger partial charge in [-0.15, -0.1) is 0 Å². The van der Waals surface area contributed by atoms with Crippen molar-refractivity contribution in [3.8, 4) is 0 Å². The van der Waals surface area contributed by atoms with Gasteiger partial charge >= 0.3 is 0 Å². The van der Waals surface area contributed by atoms with Crippen LogP contribution in [0.25, 0.3) is 0 Å². The topological polar surface area (TPSA) is 26.7 Å². The van der Waals surface area contributed by atoms with E-state index in [1.54, 1.807) is 0 Å². The van der Waals surface area contributed by atoms with E-state index < -0.39 is 5.60 Å². The van der Waals surface area contributed by atoms with Crippen LogP contribution in [0.2, 0.25) is 0 Å². The third-order valence-electron chi connectivity index (χ3n) is 1.59. The summed E-state index contributed by atoms with van der Waals surface area (Å²) in [6.45, 7) is 6.42. The van der Waals surface area contributed by atoms with Gasteiger partial charge in [0.05, 0.1) is 5.60 Å². The van der Waals surface area contributed by atoms with Crippen LogP contribution in [-0.2, 0) is 0 Å². The Bertz CT molecular complexity index is 118. The van der Waals surface area contributed by atoms with Crippen molar-refractivity contribution < 1.29 is 5.11 Å². The van der Waals surface area contributed by atoms with Crippen LogP contribution in [0.15, 0.2) is 0 Å². The quantitative estimate of drug-likeness (QED) is 0.647. The van der Waals surface area contributed by atoms with E-state index in [0.29, 0.717) is 0 Å². The number of likely N-dealkylation sites (N-methyl/N-ethyl adjacent to an activating group) is 2. The zero-order valence-electron chi connectivity index (χ0n) is 8.96. The first-order valence-corrected chi connectivity index (χ1v) is 4.37. The molecule has 3 heteroatoms. The summed E-state index contributed by atoms with van der Waals surface area (Å²) >= 11 is 0. The summed E-state index contributed by atoms with van der Waals surface area (Å²) < 4.78 is 0. The fourth-order valence-electron chi connectivity index (χ4n) is 1.11. The minimum atomic E-state index is -0.582. The lowest BCUT2D eigenvalue weighted by atomic mass is 10.1.